The standard InChI is InChI=1S/C21H24N2O5/c1-14-7-6-8-15(2)17(14)11-18(20(25)26)23-19(24)12-22-21(27)28-13-16-9-4-3-5-10-16/h3-10,18H,11-13H2,1-2H3,(H,22,27)(H,23,24)(H,25,26)/t18-/m1/s1. The van der Waals surface area contributed by atoms with Crippen LogP contribution in [-0.2, 0) is 27.4 Å². The van der Waals surface area contributed by atoms with E-state index in [0.717, 1.165) is 22.3 Å². The molecule has 2 aromatic carbocycles. The predicted molar refractivity (Wildman–Crippen MR) is 104 cm³/mol. The van der Waals surface area contributed by atoms with E-state index in [4.69, 9.17) is 4.74 Å². The van der Waals surface area contributed by atoms with E-state index in [2.05, 4.69) is 10.6 Å². The lowest BCUT2D eigenvalue weighted by Gasteiger charge is -2.17. The number of carboxylic acids is 1. The highest BCUT2D eigenvalue weighted by Crippen LogP contribution is 2.15. The number of rotatable bonds is 8. The van der Waals surface area contributed by atoms with E-state index in [1.807, 2.05) is 62.4 Å². The summed E-state index contributed by atoms with van der Waals surface area (Å²) in [6.45, 7) is 3.50. The number of hydrogen-bond acceptors (Lipinski definition) is 4. The molecule has 0 aliphatic carbocycles. The van der Waals surface area contributed by atoms with E-state index < -0.39 is 24.0 Å². The van der Waals surface area contributed by atoms with Gasteiger partial charge in [0.25, 0.3) is 0 Å². The Labute approximate surface area is 163 Å². The van der Waals surface area contributed by atoms with Gasteiger partial charge in [-0.3, -0.25) is 4.79 Å². The zero-order valence-corrected chi connectivity index (χ0v) is 15.9. The minimum absolute atomic E-state index is 0.0819. The summed E-state index contributed by atoms with van der Waals surface area (Å²) < 4.78 is 5.01. The summed E-state index contributed by atoms with van der Waals surface area (Å²) in [7, 11) is 0. The monoisotopic (exact) mass is 384 g/mol. The molecule has 0 spiro atoms. The minimum Gasteiger partial charge on any atom is -0.480 e. The van der Waals surface area contributed by atoms with E-state index >= 15 is 0 Å². The van der Waals surface area contributed by atoms with Crippen molar-refractivity contribution in [3.05, 3.63) is 70.8 Å². The maximum absolute atomic E-state index is 12.1. The van der Waals surface area contributed by atoms with Gasteiger partial charge >= 0.3 is 12.1 Å². The lowest BCUT2D eigenvalue weighted by Crippen LogP contribution is -2.46. The van der Waals surface area contributed by atoms with Crippen molar-refractivity contribution in [1.29, 1.82) is 0 Å². The van der Waals surface area contributed by atoms with Crippen molar-refractivity contribution in [2.24, 2.45) is 0 Å². The van der Waals surface area contributed by atoms with Crippen molar-refractivity contribution in [3.8, 4) is 0 Å². The van der Waals surface area contributed by atoms with Gasteiger partial charge in [0.1, 0.15) is 19.2 Å². The van der Waals surface area contributed by atoms with Crippen LogP contribution in [0.4, 0.5) is 4.79 Å². The van der Waals surface area contributed by atoms with Gasteiger partial charge in [-0.2, -0.15) is 0 Å². The molecular weight excluding hydrogens is 360 g/mol. The molecule has 0 bridgehead atoms. The number of aliphatic carboxylic acids is 1. The van der Waals surface area contributed by atoms with Gasteiger partial charge in [-0.1, -0.05) is 48.5 Å². The van der Waals surface area contributed by atoms with Crippen LogP contribution in [0, 0.1) is 13.8 Å². The normalized spacial score (nSPS) is 11.4. The summed E-state index contributed by atoms with van der Waals surface area (Å²) in [6, 6.07) is 13.7. The third kappa shape index (κ3) is 6.42. The largest absolute Gasteiger partial charge is 0.480 e. The average Bonchev–Trinajstić information content (AvgIpc) is 2.67. The van der Waals surface area contributed by atoms with Crippen molar-refractivity contribution < 1.29 is 24.2 Å². The number of aryl methyl sites for hydroxylation is 2. The predicted octanol–water partition coefficient (Wildman–Crippen LogP) is 2.34. The van der Waals surface area contributed by atoms with Gasteiger partial charge in [0.2, 0.25) is 5.91 Å². The Balaban J connectivity index is 1.83. The summed E-state index contributed by atoms with van der Waals surface area (Å²) in [5.74, 6) is -1.74. The van der Waals surface area contributed by atoms with Gasteiger partial charge in [-0.05, 0) is 36.1 Å². The van der Waals surface area contributed by atoms with Crippen molar-refractivity contribution in [1.82, 2.24) is 10.6 Å². The first-order valence-electron chi connectivity index (χ1n) is 8.88. The molecule has 0 radical (unpaired) electrons. The summed E-state index contributed by atoms with van der Waals surface area (Å²) in [5.41, 5.74) is 3.62. The Bertz CT molecular complexity index is 816. The van der Waals surface area contributed by atoms with Crippen LogP contribution >= 0.6 is 0 Å². The molecule has 3 N–H and O–H groups in total. The van der Waals surface area contributed by atoms with Gasteiger partial charge in [-0.15, -0.1) is 0 Å². The molecule has 7 heteroatoms. The first-order valence-corrected chi connectivity index (χ1v) is 8.88. The number of nitrogens with one attached hydrogen (secondary N) is 2. The summed E-state index contributed by atoms with van der Waals surface area (Å²) in [6.07, 6.45) is -0.585. The zero-order chi connectivity index (χ0) is 20.5. The second-order valence-electron chi connectivity index (χ2n) is 6.45. The quantitative estimate of drug-likeness (QED) is 0.648. The lowest BCUT2D eigenvalue weighted by atomic mass is 9.96. The van der Waals surface area contributed by atoms with Gasteiger partial charge in [0.05, 0.1) is 0 Å². The molecule has 0 heterocycles. The molecule has 7 nitrogen and oxygen atoms in total. The fraction of sp³-hybridized carbons (Fsp3) is 0.286. The molecule has 1 atom stereocenters. The Morgan fingerprint density at radius 3 is 2.25 bits per heavy atom. The fourth-order valence-corrected chi connectivity index (χ4v) is 2.75. The zero-order valence-electron chi connectivity index (χ0n) is 15.9. The molecule has 148 valence electrons. The fourth-order valence-electron chi connectivity index (χ4n) is 2.75. The molecular formula is C21H24N2O5. The van der Waals surface area contributed by atoms with E-state index in [9.17, 15) is 19.5 Å². The molecule has 0 saturated heterocycles. The molecule has 2 rings (SSSR count). The number of benzene rings is 2. The van der Waals surface area contributed by atoms with E-state index in [1.54, 1.807) is 0 Å². The molecule has 0 saturated carbocycles. The van der Waals surface area contributed by atoms with Crippen LogP contribution in [0.1, 0.15) is 22.3 Å². The minimum atomic E-state index is -1.14. The number of ether oxygens (including phenoxy) is 1. The number of carboxylic acid groups (broad SMARTS) is 1. The highest BCUT2D eigenvalue weighted by atomic mass is 16.5. The van der Waals surface area contributed by atoms with Crippen molar-refractivity contribution in [3.63, 3.8) is 0 Å². The topological polar surface area (TPSA) is 105 Å². The van der Waals surface area contributed by atoms with Crippen LogP contribution in [0.2, 0.25) is 0 Å². The molecule has 2 amide bonds. The molecule has 0 aliphatic rings. The molecule has 28 heavy (non-hydrogen) atoms. The maximum atomic E-state index is 12.1. The Hall–Kier alpha value is -3.35. The Kier molecular flexibility index (Phi) is 7.56. The average molecular weight is 384 g/mol. The first kappa shape index (κ1) is 21.0. The lowest BCUT2D eigenvalue weighted by molar-refractivity contribution is -0.141. The highest BCUT2D eigenvalue weighted by Gasteiger charge is 2.22. The van der Waals surface area contributed by atoms with Crippen molar-refractivity contribution >= 4 is 18.0 Å². The van der Waals surface area contributed by atoms with Gasteiger partial charge in [0, 0.05) is 6.42 Å². The third-order valence-corrected chi connectivity index (χ3v) is 4.29. The number of amides is 2. The van der Waals surface area contributed by atoms with Gasteiger partial charge < -0.3 is 20.5 Å². The molecule has 0 unspecified atom stereocenters. The van der Waals surface area contributed by atoms with Crippen LogP contribution in [0.15, 0.2) is 48.5 Å². The van der Waals surface area contributed by atoms with E-state index in [0.29, 0.717) is 0 Å². The third-order valence-electron chi connectivity index (χ3n) is 4.29. The van der Waals surface area contributed by atoms with Crippen LogP contribution in [0.3, 0.4) is 0 Å². The maximum Gasteiger partial charge on any atom is 0.407 e. The molecule has 0 fully saturated rings. The van der Waals surface area contributed by atoms with Crippen molar-refractivity contribution in [2.75, 3.05) is 6.54 Å². The van der Waals surface area contributed by atoms with Crippen LogP contribution < -0.4 is 10.6 Å². The highest BCUT2D eigenvalue weighted by molar-refractivity contribution is 5.86. The second kappa shape index (κ2) is 10.1. The number of alkyl carbamates (subject to hydrolysis) is 1. The number of carbonyl (C=O) groups excluding carboxylic acids is 2. The van der Waals surface area contributed by atoms with Crippen LogP contribution in [-0.4, -0.2) is 35.7 Å². The summed E-state index contributed by atoms with van der Waals surface area (Å²) in [4.78, 5) is 35.3. The SMILES string of the molecule is Cc1cccc(C)c1C[C@@H](NC(=O)CNC(=O)OCc1ccccc1)C(=O)O. The summed E-state index contributed by atoms with van der Waals surface area (Å²) >= 11 is 0. The Morgan fingerprint density at radius 1 is 1.00 bits per heavy atom. The van der Waals surface area contributed by atoms with Crippen molar-refractivity contribution in [2.45, 2.75) is 32.9 Å². The molecule has 2 aromatic rings. The molecule has 0 aromatic heterocycles. The smallest absolute Gasteiger partial charge is 0.407 e. The van der Waals surface area contributed by atoms with Crippen LogP contribution in [0.25, 0.3) is 0 Å². The number of carbonyl (C=O) groups is 3. The molecule has 0 aliphatic heterocycles. The first-order chi connectivity index (χ1) is 13.4. The van der Waals surface area contributed by atoms with Gasteiger partial charge in [-0.25, -0.2) is 9.59 Å². The second-order valence-corrected chi connectivity index (χ2v) is 6.45. The Morgan fingerprint density at radius 2 is 1.64 bits per heavy atom. The summed E-state index contributed by atoms with van der Waals surface area (Å²) in [5, 5.41) is 14.2. The van der Waals surface area contributed by atoms with Crippen LogP contribution in [0.5, 0.6) is 0 Å². The number of hydrogen-bond donors (Lipinski definition) is 3. The van der Waals surface area contributed by atoms with E-state index in [-0.39, 0.29) is 19.6 Å². The van der Waals surface area contributed by atoms with Gasteiger partial charge in [0.15, 0.2) is 0 Å². The van der Waals surface area contributed by atoms with E-state index in [1.165, 1.54) is 0 Å².